The summed E-state index contributed by atoms with van der Waals surface area (Å²) in [5.74, 6) is -2.67. The average Bonchev–Trinajstić information content (AvgIpc) is 1.98. The minimum Gasteiger partial charge on any atom is -0.504 e. The molecule has 0 atom stereocenters. The molecule has 3 nitrogen and oxygen atoms in total. The predicted octanol–water partition coefficient (Wildman–Crippen LogP) is 1.84. The lowest BCUT2D eigenvalue weighted by atomic mass is 10.3. The van der Waals surface area contributed by atoms with Gasteiger partial charge in [0.1, 0.15) is 4.90 Å². The topological polar surface area (TPSA) is 54.4 Å². The first-order chi connectivity index (χ1) is 5.84. The highest BCUT2D eigenvalue weighted by molar-refractivity contribution is 7.86. The Labute approximate surface area is 77.8 Å². The molecule has 1 aromatic carbocycles. The highest BCUT2D eigenvalue weighted by Gasteiger charge is 2.21. The highest BCUT2D eigenvalue weighted by atomic mass is 35.5. The number of rotatable bonds is 1. The Morgan fingerprint density at radius 3 is 2.38 bits per heavy atom. The van der Waals surface area contributed by atoms with E-state index >= 15 is 0 Å². The quantitative estimate of drug-likeness (QED) is 0.747. The molecule has 72 valence electrons. The second-order valence-corrected chi connectivity index (χ2v) is 3.87. The third-order valence-corrected chi connectivity index (χ3v) is 2.44. The van der Waals surface area contributed by atoms with E-state index in [0.29, 0.717) is 6.07 Å². The van der Waals surface area contributed by atoms with Gasteiger partial charge in [-0.25, -0.2) is 4.39 Å². The fourth-order valence-corrected chi connectivity index (χ4v) is 1.42. The van der Waals surface area contributed by atoms with Crippen molar-refractivity contribution in [2.75, 3.05) is 0 Å². The van der Waals surface area contributed by atoms with Crippen LogP contribution in [-0.4, -0.2) is 13.5 Å². The second kappa shape index (κ2) is 3.12. The molecule has 7 heteroatoms. The van der Waals surface area contributed by atoms with Gasteiger partial charge in [-0.2, -0.15) is 8.42 Å². The van der Waals surface area contributed by atoms with Crippen molar-refractivity contribution in [3.05, 3.63) is 23.0 Å². The molecular weight excluding hydrogens is 226 g/mol. The van der Waals surface area contributed by atoms with Gasteiger partial charge in [-0.1, -0.05) is 11.6 Å². The van der Waals surface area contributed by atoms with Crippen LogP contribution in [0.5, 0.6) is 5.75 Å². The Morgan fingerprint density at radius 1 is 1.38 bits per heavy atom. The average molecular weight is 229 g/mol. The zero-order valence-electron chi connectivity index (χ0n) is 5.96. The lowest BCUT2D eigenvalue weighted by molar-refractivity contribution is 0.415. The van der Waals surface area contributed by atoms with Gasteiger partial charge in [-0.05, 0) is 12.1 Å². The molecule has 0 saturated heterocycles. The van der Waals surface area contributed by atoms with E-state index in [0.717, 1.165) is 6.07 Å². The van der Waals surface area contributed by atoms with Gasteiger partial charge in [0, 0.05) is 0 Å². The maximum absolute atomic E-state index is 12.7. The van der Waals surface area contributed by atoms with Gasteiger partial charge in [-0.3, -0.25) is 0 Å². The second-order valence-electron chi connectivity index (χ2n) is 2.15. The van der Waals surface area contributed by atoms with E-state index in [-0.39, 0.29) is 0 Å². The van der Waals surface area contributed by atoms with E-state index in [1.54, 1.807) is 0 Å². The minimum absolute atomic E-state index is 0.482. The summed E-state index contributed by atoms with van der Waals surface area (Å²) in [6.07, 6.45) is 0. The van der Waals surface area contributed by atoms with Crippen molar-refractivity contribution in [3.8, 4) is 5.75 Å². The Hall–Kier alpha value is -0.880. The van der Waals surface area contributed by atoms with E-state index in [4.69, 9.17) is 16.7 Å². The van der Waals surface area contributed by atoms with Crippen LogP contribution in [0, 0.1) is 5.82 Å². The summed E-state index contributed by atoms with van der Waals surface area (Å²) in [6, 6.07) is 1.51. The first-order valence-corrected chi connectivity index (χ1v) is 4.72. The van der Waals surface area contributed by atoms with Crippen LogP contribution in [0.3, 0.4) is 0 Å². The molecule has 0 unspecified atom stereocenters. The maximum Gasteiger partial charge on any atom is 0.335 e. The van der Waals surface area contributed by atoms with Crippen molar-refractivity contribution in [2.45, 2.75) is 4.90 Å². The highest BCUT2D eigenvalue weighted by Crippen LogP contribution is 2.31. The number of phenols is 1. The third-order valence-electron chi connectivity index (χ3n) is 1.29. The standard InChI is InChI=1S/C6H3ClF2O3S/c7-3-1-2-4(13(9,11)12)6(10)5(3)8/h1-2,10H. The van der Waals surface area contributed by atoms with Gasteiger partial charge in [-0.15, -0.1) is 3.89 Å². The third kappa shape index (κ3) is 1.89. The summed E-state index contributed by atoms with van der Waals surface area (Å²) >= 11 is 5.18. The SMILES string of the molecule is O=S(=O)(F)c1ccc(Cl)c(F)c1O. The van der Waals surface area contributed by atoms with Crippen molar-refractivity contribution in [3.63, 3.8) is 0 Å². The number of benzene rings is 1. The molecule has 13 heavy (non-hydrogen) atoms. The number of phenolic OH excluding ortho intramolecular Hbond substituents is 1. The zero-order valence-corrected chi connectivity index (χ0v) is 7.53. The molecule has 0 aromatic heterocycles. The smallest absolute Gasteiger partial charge is 0.335 e. The Balaban J connectivity index is 3.53. The molecule has 0 amide bonds. The van der Waals surface area contributed by atoms with Crippen molar-refractivity contribution in [1.82, 2.24) is 0 Å². The molecule has 1 N–H and O–H groups in total. The monoisotopic (exact) mass is 228 g/mol. The minimum atomic E-state index is -5.12. The summed E-state index contributed by atoms with van der Waals surface area (Å²) in [7, 11) is -5.12. The lowest BCUT2D eigenvalue weighted by Crippen LogP contribution is -1.94. The number of hydrogen-bond acceptors (Lipinski definition) is 3. The maximum atomic E-state index is 12.7. The molecule has 0 spiro atoms. The van der Waals surface area contributed by atoms with E-state index in [9.17, 15) is 16.7 Å². The molecule has 0 heterocycles. The van der Waals surface area contributed by atoms with Crippen LogP contribution in [0.15, 0.2) is 17.0 Å². The predicted molar refractivity (Wildman–Crippen MR) is 41.4 cm³/mol. The molecule has 0 aliphatic heterocycles. The van der Waals surface area contributed by atoms with Gasteiger partial charge in [0.05, 0.1) is 5.02 Å². The molecule has 0 bridgehead atoms. The van der Waals surface area contributed by atoms with Crippen LogP contribution >= 0.6 is 11.6 Å². The van der Waals surface area contributed by atoms with Crippen LogP contribution in [0.4, 0.5) is 8.28 Å². The molecule has 0 aliphatic carbocycles. The molecule has 0 radical (unpaired) electrons. The van der Waals surface area contributed by atoms with E-state index in [1.807, 2.05) is 0 Å². The lowest BCUT2D eigenvalue weighted by Gasteiger charge is -2.01. The van der Waals surface area contributed by atoms with Crippen molar-refractivity contribution < 1.29 is 21.8 Å². The van der Waals surface area contributed by atoms with Gasteiger partial charge in [0.2, 0.25) is 0 Å². The normalized spacial score (nSPS) is 11.6. The summed E-state index contributed by atoms with van der Waals surface area (Å²) in [4.78, 5) is -1.13. The summed E-state index contributed by atoms with van der Waals surface area (Å²) in [5.41, 5.74) is 0. The Bertz CT molecular complexity index is 443. The van der Waals surface area contributed by atoms with Crippen molar-refractivity contribution >= 4 is 21.8 Å². The molecule has 0 fully saturated rings. The molecule has 1 rings (SSSR count). The van der Waals surface area contributed by atoms with Gasteiger partial charge < -0.3 is 5.11 Å². The molecular formula is C6H3ClF2O3S. The van der Waals surface area contributed by atoms with Gasteiger partial charge in [0.25, 0.3) is 0 Å². The first-order valence-electron chi connectivity index (χ1n) is 2.95. The van der Waals surface area contributed by atoms with Crippen molar-refractivity contribution in [1.29, 1.82) is 0 Å². The molecule has 0 saturated carbocycles. The number of halogens is 3. The van der Waals surface area contributed by atoms with Gasteiger partial charge in [0.15, 0.2) is 11.6 Å². The first kappa shape index (κ1) is 10.2. The van der Waals surface area contributed by atoms with Crippen LogP contribution in [0.1, 0.15) is 0 Å². The molecule has 1 aromatic rings. The van der Waals surface area contributed by atoms with E-state index < -0.39 is 31.7 Å². The van der Waals surface area contributed by atoms with Crippen LogP contribution in [0.25, 0.3) is 0 Å². The summed E-state index contributed by atoms with van der Waals surface area (Å²) < 4.78 is 45.6. The van der Waals surface area contributed by atoms with E-state index in [2.05, 4.69) is 0 Å². The summed E-state index contributed by atoms with van der Waals surface area (Å²) in [5, 5.41) is 8.35. The molecule has 0 aliphatic rings. The van der Waals surface area contributed by atoms with Crippen LogP contribution in [0.2, 0.25) is 5.02 Å². The Morgan fingerprint density at radius 2 is 1.92 bits per heavy atom. The van der Waals surface area contributed by atoms with Gasteiger partial charge >= 0.3 is 10.2 Å². The fraction of sp³-hybridized carbons (Fsp3) is 0. The zero-order chi connectivity index (χ0) is 10.2. The van der Waals surface area contributed by atoms with Crippen LogP contribution < -0.4 is 0 Å². The summed E-state index contributed by atoms with van der Waals surface area (Å²) in [6.45, 7) is 0. The fourth-order valence-electron chi connectivity index (χ4n) is 0.719. The van der Waals surface area contributed by atoms with Crippen LogP contribution in [-0.2, 0) is 10.2 Å². The largest absolute Gasteiger partial charge is 0.504 e. The van der Waals surface area contributed by atoms with E-state index in [1.165, 1.54) is 0 Å². The van der Waals surface area contributed by atoms with Crippen molar-refractivity contribution in [2.24, 2.45) is 0 Å². The Kier molecular flexibility index (Phi) is 2.44. The number of hydrogen-bond donors (Lipinski definition) is 1. The number of aromatic hydroxyl groups is 1.